The lowest BCUT2D eigenvalue weighted by Gasteiger charge is -2.33. The molecule has 1 amide bonds. The molecule has 1 saturated carbocycles. The third-order valence-electron chi connectivity index (χ3n) is 4.14. The van der Waals surface area contributed by atoms with Crippen LogP contribution in [-0.4, -0.2) is 42.3 Å². The Kier molecular flexibility index (Phi) is 3.59. The molecular weight excluding hydrogens is 236 g/mol. The summed E-state index contributed by atoms with van der Waals surface area (Å²) in [5.41, 5.74) is 0. The molecule has 3 fully saturated rings. The van der Waals surface area contributed by atoms with E-state index in [2.05, 4.69) is 10.6 Å². The fourth-order valence-corrected chi connectivity index (χ4v) is 4.14. The molecule has 2 aliphatic heterocycles. The smallest absolute Gasteiger partial charge is 0.238 e. The number of fused-ring (bicyclic) bond motifs is 1. The van der Waals surface area contributed by atoms with Gasteiger partial charge in [0.15, 0.2) is 0 Å². The first kappa shape index (κ1) is 11.8. The molecule has 0 aromatic rings. The fourth-order valence-electron chi connectivity index (χ4n) is 3.20. The SMILES string of the molecule is O=C(NC1CCCC2OCCC12)C1CSCN1. The van der Waals surface area contributed by atoms with E-state index in [0.29, 0.717) is 18.1 Å². The summed E-state index contributed by atoms with van der Waals surface area (Å²) in [6, 6.07) is 0.360. The van der Waals surface area contributed by atoms with Crippen LogP contribution in [0.5, 0.6) is 0 Å². The Labute approximate surface area is 106 Å². The van der Waals surface area contributed by atoms with Gasteiger partial charge >= 0.3 is 0 Å². The molecular formula is C12H20N2O2S. The summed E-state index contributed by atoms with van der Waals surface area (Å²) >= 11 is 1.80. The molecule has 5 heteroatoms. The lowest BCUT2D eigenvalue weighted by atomic mass is 9.81. The lowest BCUT2D eigenvalue weighted by Crippen LogP contribution is -2.51. The molecule has 4 nitrogen and oxygen atoms in total. The van der Waals surface area contributed by atoms with E-state index >= 15 is 0 Å². The molecule has 1 aliphatic carbocycles. The Bertz CT molecular complexity index is 294. The predicted octanol–water partition coefficient (Wildman–Crippen LogP) is 0.723. The minimum atomic E-state index is 0.0164. The molecule has 3 rings (SSSR count). The Morgan fingerprint density at radius 2 is 2.29 bits per heavy atom. The van der Waals surface area contributed by atoms with Crippen molar-refractivity contribution in [1.29, 1.82) is 0 Å². The van der Waals surface area contributed by atoms with E-state index < -0.39 is 0 Å². The molecule has 0 bridgehead atoms. The Hall–Kier alpha value is -0.260. The summed E-state index contributed by atoms with van der Waals surface area (Å²) in [5, 5.41) is 6.46. The van der Waals surface area contributed by atoms with Crippen molar-refractivity contribution in [2.45, 2.75) is 43.9 Å². The van der Waals surface area contributed by atoms with Crippen molar-refractivity contribution in [3.05, 3.63) is 0 Å². The monoisotopic (exact) mass is 256 g/mol. The van der Waals surface area contributed by atoms with Gasteiger partial charge < -0.3 is 10.1 Å². The van der Waals surface area contributed by atoms with Crippen LogP contribution in [0.2, 0.25) is 0 Å². The van der Waals surface area contributed by atoms with Gasteiger partial charge in [0, 0.05) is 30.2 Å². The number of hydrogen-bond acceptors (Lipinski definition) is 4. The molecule has 2 N–H and O–H groups in total. The Morgan fingerprint density at radius 3 is 3.12 bits per heavy atom. The number of carbonyl (C=O) groups excluding carboxylic acids is 1. The summed E-state index contributed by atoms with van der Waals surface area (Å²) in [6.07, 6.45) is 4.99. The van der Waals surface area contributed by atoms with E-state index in [-0.39, 0.29) is 11.9 Å². The molecule has 4 atom stereocenters. The van der Waals surface area contributed by atoms with Crippen LogP contribution in [0, 0.1) is 5.92 Å². The molecule has 17 heavy (non-hydrogen) atoms. The molecule has 3 aliphatic rings. The molecule has 4 unspecified atom stereocenters. The molecule has 0 radical (unpaired) electrons. The number of nitrogens with one attached hydrogen (secondary N) is 2. The van der Waals surface area contributed by atoms with E-state index in [1.807, 2.05) is 0 Å². The van der Waals surface area contributed by atoms with Crippen molar-refractivity contribution in [3.8, 4) is 0 Å². The van der Waals surface area contributed by atoms with Crippen molar-refractivity contribution in [1.82, 2.24) is 10.6 Å². The number of carbonyl (C=O) groups is 1. The number of rotatable bonds is 2. The van der Waals surface area contributed by atoms with Crippen molar-refractivity contribution in [2.24, 2.45) is 5.92 Å². The first-order valence-corrected chi connectivity index (χ1v) is 7.73. The van der Waals surface area contributed by atoms with Crippen LogP contribution in [0.1, 0.15) is 25.7 Å². The van der Waals surface area contributed by atoms with Gasteiger partial charge in [-0.15, -0.1) is 11.8 Å². The van der Waals surface area contributed by atoms with Crippen LogP contribution < -0.4 is 10.6 Å². The number of thioether (sulfide) groups is 1. The van der Waals surface area contributed by atoms with Gasteiger partial charge in [-0.05, 0) is 25.7 Å². The predicted molar refractivity (Wildman–Crippen MR) is 67.9 cm³/mol. The highest BCUT2D eigenvalue weighted by molar-refractivity contribution is 7.99. The standard InChI is InChI=1S/C12H20N2O2S/c15-12(10-6-17-7-13-10)14-9-2-1-3-11-8(9)4-5-16-11/h8-11,13H,1-7H2,(H,14,15). The second-order valence-electron chi connectivity index (χ2n) is 5.18. The van der Waals surface area contributed by atoms with Crippen LogP contribution in [0.3, 0.4) is 0 Å². The van der Waals surface area contributed by atoms with Gasteiger partial charge in [-0.1, -0.05) is 0 Å². The fraction of sp³-hybridized carbons (Fsp3) is 0.917. The number of amides is 1. The van der Waals surface area contributed by atoms with E-state index in [1.165, 1.54) is 12.8 Å². The maximum absolute atomic E-state index is 12.1. The molecule has 2 saturated heterocycles. The maximum Gasteiger partial charge on any atom is 0.238 e. The Balaban J connectivity index is 1.58. The van der Waals surface area contributed by atoms with Crippen LogP contribution in [0.4, 0.5) is 0 Å². The first-order chi connectivity index (χ1) is 8.34. The van der Waals surface area contributed by atoms with Crippen molar-refractivity contribution >= 4 is 17.7 Å². The average Bonchev–Trinajstić information content (AvgIpc) is 3.00. The second kappa shape index (κ2) is 5.16. The van der Waals surface area contributed by atoms with Crippen molar-refractivity contribution in [3.63, 3.8) is 0 Å². The van der Waals surface area contributed by atoms with Crippen LogP contribution in [0.15, 0.2) is 0 Å². The van der Waals surface area contributed by atoms with Crippen LogP contribution in [0.25, 0.3) is 0 Å². The van der Waals surface area contributed by atoms with Gasteiger partial charge in [-0.25, -0.2) is 0 Å². The highest BCUT2D eigenvalue weighted by Crippen LogP contribution is 2.34. The van der Waals surface area contributed by atoms with Gasteiger partial charge in [0.05, 0.1) is 12.1 Å². The molecule has 2 heterocycles. The van der Waals surface area contributed by atoms with Crippen molar-refractivity contribution < 1.29 is 9.53 Å². The maximum atomic E-state index is 12.1. The molecule has 96 valence electrons. The van der Waals surface area contributed by atoms with E-state index in [1.54, 1.807) is 11.8 Å². The first-order valence-electron chi connectivity index (χ1n) is 6.58. The van der Waals surface area contributed by atoms with Crippen LogP contribution in [-0.2, 0) is 9.53 Å². The zero-order valence-electron chi connectivity index (χ0n) is 9.98. The van der Waals surface area contributed by atoms with E-state index in [9.17, 15) is 4.79 Å². The topological polar surface area (TPSA) is 50.4 Å². The summed E-state index contributed by atoms with van der Waals surface area (Å²) < 4.78 is 5.72. The molecule has 0 aromatic heterocycles. The minimum Gasteiger partial charge on any atom is -0.378 e. The van der Waals surface area contributed by atoms with E-state index in [4.69, 9.17) is 4.74 Å². The highest BCUT2D eigenvalue weighted by Gasteiger charge is 2.39. The van der Waals surface area contributed by atoms with Gasteiger partial charge in [0.2, 0.25) is 5.91 Å². The summed E-state index contributed by atoms with van der Waals surface area (Å²) in [7, 11) is 0. The quantitative estimate of drug-likeness (QED) is 0.764. The highest BCUT2D eigenvalue weighted by atomic mass is 32.2. The van der Waals surface area contributed by atoms with Gasteiger partial charge in [-0.2, -0.15) is 0 Å². The lowest BCUT2D eigenvalue weighted by molar-refractivity contribution is -0.124. The van der Waals surface area contributed by atoms with Gasteiger partial charge in [-0.3, -0.25) is 10.1 Å². The van der Waals surface area contributed by atoms with Gasteiger partial charge in [0.25, 0.3) is 0 Å². The minimum absolute atomic E-state index is 0.0164. The molecule has 0 aromatic carbocycles. The van der Waals surface area contributed by atoms with Crippen molar-refractivity contribution in [2.75, 3.05) is 18.2 Å². The Morgan fingerprint density at radius 1 is 1.35 bits per heavy atom. The largest absolute Gasteiger partial charge is 0.378 e. The summed E-state index contributed by atoms with van der Waals surface area (Å²) in [5.74, 6) is 2.55. The zero-order valence-corrected chi connectivity index (χ0v) is 10.8. The summed E-state index contributed by atoms with van der Waals surface area (Å²) in [6.45, 7) is 0.874. The third-order valence-corrected chi connectivity index (χ3v) is 5.08. The third kappa shape index (κ3) is 2.46. The number of hydrogen-bond donors (Lipinski definition) is 2. The number of ether oxygens (including phenoxy) is 1. The normalized spacial score (nSPS) is 41.2. The zero-order chi connectivity index (χ0) is 11.7. The summed E-state index contributed by atoms with van der Waals surface area (Å²) in [4.78, 5) is 12.1. The molecule has 0 spiro atoms. The van der Waals surface area contributed by atoms with Crippen LogP contribution >= 0.6 is 11.8 Å². The van der Waals surface area contributed by atoms with Gasteiger partial charge in [0.1, 0.15) is 0 Å². The average molecular weight is 256 g/mol. The second-order valence-corrected chi connectivity index (χ2v) is 6.21. The van der Waals surface area contributed by atoms with E-state index in [0.717, 1.165) is 31.1 Å².